The Morgan fingerprint density at radius 1 is 1.29 bits per heavy atom. The van der Waals surface area contributed by atoms with E-state index < -0.39 is 11.9 Å². The Bertz CT molecular complexity index is 798. The first-order valence-electron chi connectivity index (χ1n) is 6.53. The van der Waals surface area contributed by atoms with Crippen molar-refractivity contribution in [2.75, 3.05) is 7.11 Å². The van der Waals surface area contributed by atoms with Gasteiger partial charge in [-0.3, -0.25) is 4.98 Å². The number of fused-ring (bicyclic) bond motifs is 1. The van der Waals surface area contributed by atoms with Gasteiger partial charge in [-0.1, -0.05) is 0 Å². The fourth-order valence-corrected chi connectivity index (χ4v) is 2.40. The first-order chi connectivity index (χ1) is 10.1. The summed E-state index contributed by atoms with van der Waals surface area (Å²) in [5.41, 5.74) is 8.39. The zero-order chi connectivity index (χ0) is 15.0. The standard InChI is InChI=1S/C16H15FN2O2/c1-9-13-4-3-12(20-2)6-14(13)21-16(9)15(18)10-5-11(17)8-19-7-10/h3-8,15H,18H2,1-2H3. The second kappa shape index (κ2) is 5.18. The second-order valence-corrected chi connectivity index (χ2v) is 4.87. The van der Waals surface area contributed by atoms with Gasteiger partial charge in [-0.05, 0) is 30.7 Å². The number of halogens is 1. The summed E-state index contributed by atoms with van der Waals surface area (Å²) in [5.74, 6) is 0.896. The zero-order valence-corrected chi connectivity index (χ0v) is 11.8. The highest BCUT2D eigenvalue weighted by Crippen LogP contribution is 2.33. The third kappa shape index (κ3) is 2.36. The van der Waals surface area contributed by atoms with Gasteiger partial charge in [0.1, 0.15) is 22.9 Å². The lowest BCUT2D eigenvalue weighted by Gasteiger charge is -2.09. The van der Waals surface area contributed by atoms with Gasteiger partial charge < -0.3 is 14.9 Å². The van der Waals surface area contributed by atoms with Crippen LogP contribution in [0.25, 0.3) is 11.0 Å². The molecule has 0 fully saturated rings. The van der Waals surface area contributed by atoms with Gasteiger partial charge in [0.2, 0.25) is 0 Å². The molecule has 0 saturated heterocycles. The number of furan rings is 1. The number of ether oxygens (including phenoxy) is 1. The van der Waals surface area contributed by atoms with E-state index in [0.29, 0.717) is 22.7 Å². The lowest BCUT2D eigenvalue weighted by Crippen LogP contribution is -2.12. The number of methoxy groups -OCH3 is 1. The fourth-order valence-electron chi connectivity index (χ4n) is 2.40. The molecule has 5 heteroatoms. The number of hydrogen-bond acceptors (Lipinski definition) is 4. The molecule has 4 nitrogen and oxygen atoms in total. The van der Waals surface area contributed by atoms with Crippen LogP contribution in [0.4, 0.5) is 4.39 Å². The van der Waals surface area contributed by atoms with Gasteiger partial charge in [-0.25, -0.2) is 4.39 Å². The van der Waals surface area contributed by atoms with Crippen molar-refractivity contribution in [1.29, 1.82) is 0 Å². The molecule has 21 heavy (non-hydrogen) atoms. The third-order valence-corrected chi connectivity index (χ3v) is 3.55. The van der Waals surface area contributed by atoms with Crippen LogP contribution >= 0.6 is 0 Å². The summed E-state index contributed by atoms with van der Waals surface area (Å²) in [7, 11) is 1.60. The predicted molar refractivity (Wildman–Crippen MR) is 77.7 cm³/mol. The van der Waals surface area contributed by atoms with Crippen molar-refractivity contribution in [2.24, 2.45) is 5.73 Å². The molecule has 2 heterocycles. The lowest BCUT2D eigenvalue weighted by molar-refractivity contribution is 0.414. The van der Waals surface area contributed by atoms with E-state index in [-0.39, 0.29) is 0 Å². The quantitative estimate of drug-likeness (QED) is 0.802. The number of nitrogens with zero attached hydrogens (tertiary/aromatic N) is 1. The van der Waals surface area contributed by atoms with Crippen molar-refractivity contribution in [3.8, 4) is 5.75 Å². The largest absolute Gasteiger partial charge is 0.497 e. The van der Waals surface area contributed by atoms with Gasteiger partial charge in [0, 0.05) is 23.2 Å². The molecule has 0 aliphatic rings. The molecular weight excluding hydrogens is 271 g/mol. The van der Waals surface area contributed by atoms with Crippen molar-refractivity contribution >= 4 is 11.0 Å². The Morgan fingerprint density at radius 2 is 2.10 bits per heavy atom. The SMILES string of the molecule is COc1ccc2c(C)c(C(N)c3cncc(F)c3)oc2c1. The van der Waals surface area contributed by atoms with Gasteiger partial charge in [0.15, 0.2) is 0 Å². The molecule has 0 radical (unpaired) electrons. The Hall–Kier alpha value is -2.40. The highest BCUT2D eigenvalue weighted by Gasteiger charge is 2.19. The van der Waals surface area contributed by atoms with Crippen LogP contribution in [0, 0.1) is 12.7 Å². The summed E-state index contributed by atoms with van der Waals surface area (Å²) in [6.45, 7) is 1.93. The number of aromatic nitrogens is 1. The van der Waals surface area contributed by atoms with Gasteiger partial charge in [-0.2, -0.15) is 0 Å². The van der Waals surface area contributed by atoms with E-state index in [1.165, 1.54) is 6.07 Å². The van der Waals surface area contributed by atoms with Crippen LogP contribution in [0.2, 0.25) is 0 Å². The Labute approximate surface area is 121 Å². The van der Waals surface area contributed by atoms with Gasteiger partial charge in [-0.15, -0.1) is 0 Å². The fraction of sp³-hybridized carbons (Fsp3) is 0.188. The molecule has 108 valence electrons. The average Bonchev–Trinajstić information content (AvgIpc) is 2.83. The smallest absolute Gasteiger partial charge is 0.141 e. The number of rotatable bonds is 3. The molecule has 1 unspecified atom stereocenters. The number of pyridine rings is 1. The van der Waals surface area contributed by atoms with E-state index in [9.17, 15) is 4.39 Å². The lowest BCUT2D eigenvalue weighted by atomic mass is 10.0. The molecule has 1 aromatic carbocycles. The maximum Gasteiger partial charge on any atom is 0.141 e. The zero-order valence-electron chi connectivity index (χ0n) is 11.8. The van der Waals surface area contributed by atoms with E-state index >= 15 is 0 Å². The van der Waals surface area contributed by atoms with Crippen LogP contribution in [0.1, 0.15) is 22.9 Å². The first kappa shape index (κ1) is 13.6. The third-order valence-electron chi connectivity index (χ3n) is 3.55. The Kier molecular flexibility index (Phi) is 3.35. The molecule has 0 amide bonds. The average molecular weight is 286 g/mol. The number of benzene rings is 1. The van der Waals surface area contributed by atoms with Crippen molar-refractivity contribution < 1.29 is 13.5 Å². The topological polar surface area (TPSA) is 61.3 Å². The molecule has 3 aromatic rings. The van der Waals surface area contributed by atoms with Gasteiger partial charge in [0.25, 0.3) is 0 Å². The molecular formula is C16H15FN2O2. The molecule has 0 spiro atoms. The Morgan fingerprint density at radius 3 is 2.81 bits per heavy atom. The molecule has 2 N–H and O–H groups in total. The molecule has 3 rings (SSSR count). The van der Waals surface area contributed by atoms with Crippen LogP contribution in [0.5, 0.6) is 5.75 Å². The maximum absolute atomic E-state index is 13.3. The minimum absolute atomic E-state index is 0.418. The van der Waals surface area contributed by atoms with E-state index in [1.807, 2.05) is 25.1 Å². The van der Waals surface area contributed by atoms with Crippen molar-refractivity contribution in [3.63, 3.8) is 0 Å². The number of nitrogens with two attached hydrogens (primary N) is 1. The van der Waals surface area contributed by atoms with Crippen molar-refractivity contribution in [3.05, 3.63) is 59.4 Å². The summed E-state index contributed by atoms with van der Waals surface area (Å²) < 4.78 is 24.3. The summed E-state index contributed by atoms with van der Waals surface area (Å²) in [6.07, 6.45) is 2.69. The minimum Gasteiger partial charge on any atom is -0.497 e. The summed E-state index contributed by atoms with van der Waals surface area (Å²) in [4.78, 5) is 3.83. The Balaban J connectivity index is 2.09. The molecule has 0 aliphatic heterocycles. The number of aryl methyl sites for hydroxylation is 1. The van der Waals surface area contributed by atoms with Crippen molar-refractivity contribution in [1.82, 2.24) is 4.98 Å². The predicted octanol–water partition coefficient (Wildman–Crippen LogP) is 3.33. The summed E-state index contributed by atoms with van der Waals surface area (Å²) in [6, 6.07) is 6.40. The van der Waals surface area contributed by atoms with E-state index in [1.54, 1.807) is 13.3 Å². The summed E-state index contributed by atoms with van der Waals surface area (Å²) >= 11 is 0. The minimum atomic E-state index is -0.563. The van der Waals surface area contributed by atoms with Gasteiger partial charge >= 0.3 is 0 Å². The van der Waals surface area contributed by atoms with E-state index in [0.717, 1.165) is 17.1 Å². The normalized spacial score (nSPS) is 12.6. The molecule has 0 saturated carbocycles. The van der Waals surface area contributed by atoms with Crippen LogP contribution in [0.3, 0.4) is 0 Å². The second-order valence-electron chi connectivity index (χ2n) is 4.87. The summed E-state index contributed by atoms with van der Waals surface area (Å²) in [5, 5.41) is 0.964. The maximum atomic E-state index is 13.3. The molecule has 0 aliphatic carbocycles. The molecule has 1 atom stereocenters. The highest BCUT2D eigenvalue weighted by molar-refractivity contribution is 5.83. The molecule has 2 aromatic heterocycles. The monoisotopic (exact) mass is 286 g/mol. The van der Waals surface area contributed by atoms with Crippen LogP contribution in [-0.4, -0.2) is 12.1 Å². The van der Waals surface area contributed by atoms with E-state index in [4.69, 9.17) is 14.9 Å². The van der Waals surface area contributed by atoms with Gasteiger partial charge in [0.05, 0.1) is 19.3 Å². The van der Waals surface area contributed by atoms with Crippen LogP contribution in [-0.2, 0) is 0 Å². The first-order valence-corrected chi connectivity index (χ1v) is 6.53. The van der Waals surface area contributed by atoms with Crippen LogP contribution in [0.15, 0.2) is 41.1 Å². The highest BCUT2D eigenvalue weighted by atomic mass is 19.1. The van der Waals surface area contributed by atoms with E-state index in [2.05, 4.69) is 4.98 Å². The van der Waals surface area contributed by atoms with Crippen LogP contribution < -0.4 is 10.5 Å². The molecule has 0 bridgehead atoms. The van der Waals surface area contributed by atoms with Crippen molar-refractivity contribution in [2.45, 2.75) is 13.0 Å². The number of hydrogen-bond donors (Lipinski definition) is 1.